The van der Waals surface area contributed by atoms with Crippen LogP contribution in [0, 0.1) is 13.8 Å². The summed E-state index contributed by atoms with van der Waals surface area (Å²) in [6, 6.07) is 9.12. The molecule has 0 aromatic heterocycles. The Kier molecular flexibility index (Phi) is 5.11. The van der Waals surface area contributed by atoms with Gasteiger partial charge in [-0.3, -0.25) is 4.79 Å². The normalized spacial score (nSPS) is 13.2. The van der Waals surface area contributed by atoms with Crippen molar-refractivity contribution in [1.29, 1.82) is 0 Å². The lowest BCUT2D eigenvalue weighted by Crippen LogP contribution is -2.19. The van der Waals surface area contributed by atoms with Crippen molar-refractivity contribution in [3.8, 4) is 5.75 Å². The molecule has 128 valence electrons. The van der Waals surface area contributed by atoms with E-state index in [0.717, 1.165) is 22.3 Å². The third kappa shape index (κ3) is 4.03. The van der Waals surface area contributed by atoms with Gasteiger partial charge < -0.3 is 4.74 Å². The Balaban J connectivity index is 1.73. The van der Waals surface area contributed by atoms with Crippen molar-refractivity contribution in [3.05, 3.63) is 68.2 Å². The molecule has 0 bridgehead atoms. The zero-order valence-electron chi connectivity index (χ0n) is 13.8. The zero-order chi connectivity index (χ0) is 18.0. The lowest BCUT2D eigenvalue weighted by atomic mass is 10.1. The number of rotatable bonds is 3. The van der Waals surface area contributed by atoms with Gasteiger partial charge in [0.15, 0.2) is 0 Å². The second-order valence-electron chi connectivity index (χ2n) is 5.83. The van der Waals surface area contributed by atoms with Crippen molar-refractivity contribution >= 4 is 41.4 Å². The van der Waals surface area contributed by atoms with Crippen LogP contribution < -0.4 is 10.2 Å². The summed E-state index contributed by atoms with van der Waals surface area (Å²) < 4.78 is 5.64. The van der Waals surface area contributed by atoms with Crippen molar-refractivity contribution in [3.63, 3.8) is 0 Å². The number of hydrogen-bond donors (Lipinski definition) is 1. The Bertz CT molecular complexity index is 905. The molecular formula is C19H16Cl2N2O2. The van der Waals surface area contributed by atoms with Gasteiger partial charge >= 0.3 is 0 Å². The summed E-state index contributed by atoms with van der Waals surface area (Å²) in [6.45, 7) is 4.15. The summed E-state index contributed by atoms with van der Waals surface area (Å²) >= 11 is 12.1. The fourth-order valence-electron chi connectivity index (χ4n) is 2.53. The fraction of sp³-hybridized carbons (Fsp3) is 0.158. The molecule has 1 aliphatic heterocycles. The standard InChI is InChI=1S/C19H16Cl2N2O2/c1-11-3-4-12(2)16(5-11)19(24)23-22-9-13-6-14-7-15(20)8-17(21)18(14)25-10-13/h3-9H,10H2,1-2H3,(H,23,24)/b22-9+. The van der Waals surface area contributed by atoms with Crippen LogP contribution in [0.25, 0.3) is 6.08 Å². The summed E-state index contributed by atoms with van der Waals surface area (Å²) in [6.07, 6.45) is 3.44. The number of carbonyl (C=O) groups excluding carboxylic acids is 1. The average Bonchev–Trinajstić information content (AvgIpc) is 2.56. The van der Waals surface area contributed by atoms with Crippen molar-refractivity contribution in [2.45, 2.75) is 13.8 Å². The molecule has 2 aromatic carbocycles. The lowest BCUT2D eigenvalue weighted by molar-refractivity contribution is 0.0954. The van der Waals surface area contributed by atoms with Crippen molar-refractivity contribution in [2.75, 3.05) is 6.61 Å². The molecule has 4 nitrogen and oxygen atoms in total. The van der Waals surface area contributed by atoms with Gasteiger partial charge in [0.25, 0.3) is 5.91 Å². The van der Waals surface area contributed by atoms with Crippen LogP contribution in [0.5, 0.6) is 5.75 Å². The number of benzene rings is 2. The van der Waals surface area contributed by atoms with Crippen LogP contribution in [0.3, 0.4) is 0 Å². The Hall–Kier alpha value is -2.30. The molecule has 2 aromatic rings. The monoisotopic (exact) mass is 374 g/mol. The van der Waals surface area contributed by atoms with Crippen molar-refractivity contribution in [2.24, 2.45) is 5.10 Å². The average molecular weight is 375 g/mol. The van der Waals surface area contributed by atoms with Gasteiger partial charge in [0.1, 0.15) is 12.4 Å². The molecule has 6 heteroatoms. The van der Waals surface area contributed by atoms with Crippen LogP contribution in [0.15, 0.2) is 41.0 Å². The van der Waals surface area contributed by atoms with Crippen molar-refractivity contribution < 1.29 is 9.53 Å². The van der Waals surface area contributed by atoms with Gasteiger partial charge in [0.05, 0.1) is 11.2 Å². The Labute approximate surface area is 156 Å². The van der Waals surface area contributed by atoms with E-state index in [9.17, 15) is 4.79 Å². The molecule has 0 saturated carbocycles. The molecule has 0 unspecified atom stereocenters. The summed E-state index contributed by atoms with van der Waals surface area (Å²) in [4.78, 5) is 12.2. The van der Waals surface area contributed by atoms with Gasteiger partial charge in [-0.25, -0.2) is 5.43 Å². The number of nitrogens with zero attached hydrogens (tertiary/aromatic N) is 1. The van der Waals surface area contributed by atoms with E-state index in [1.54, 1.807) is 18.3 Å². The second-order valence-corrected chi connectivity index (χ2v) is 6.68. The predicted molar refractivity (Wildman–Crippen MR) is 102 cm³/mol. The number of amides is 1. The van der Waals surface area contributed by atoms with E-state index in [4.69, 9.17) is 27.9 Å². The van der Waals surface area contributed by atoms with Gasteiger partial charge in [-0.05, 0) is 43.7 Å². The first-order chi connectivity index (χ1) is 11.9. The van der Waals surface area contributed by atoms with E-state index >= 15 is 0 Å². The van der Waals surface area contributed by atoms with Gasteiger partial charge in [0.2, 0.25) is 0 Å². The molecule has 0 saturated heterocycles. The molecule has 1 aliphatic rings. The molecular weight excluding hydrogens is 359 g/mol. The lowest BCUT2D eigenvalue weighted by Gasteiger charge is -2.17. The number of carbonyl (C=O) groups is 1. The maximum Gasteiger partial charge on any atom is 0.271 e. The number of fused-ring (bicyclic) bond motifs is 1. The minimum Gasteiger partial charge on any atom is -0.487 e. The first-order valence-electron chi connectivity index (χ1n) is 7.67. The van der Waals surface area contributed by atoms with Gasteiger partial charge in [-0.15, -0.1) is 0 Å². The smallest absolute Gasteiger partial charge is 0.271 e. The number of halogens is 2. The Morgan fingerprint density at radius 2 is 2.04 bits per heavy atom. The van der Waals surface area contributed by atoms with Crippen LogP contribution in [-0.4, -0.2) is 18.7 Å². The van der Waals surface area contributed by atoms with E-state index in [1.807, 2.05) is 38.1 Å². The number of ether oxygens (including phenoxy) is 1. The molecule has 0 radical (unpaired) electrons. The largest absolute Gasteiger partial charge is 0.487 e. The molecule has 0 atom stereocenters. The summed E-state index contributed by atoms with van der Waals surface area (Å²) in [5.41, 5.74) is 6.65. The van der Waals surface area contributed by atoms with Crippen LogP contribution in [-0.2, 0) is 0 Å². The van der Waals surface area contributed by atoms with Gasteiger partial charge in [-0.1, -0.05) is 40.9 Å². The highest BCUT2D eigenvalue weighted by molar-refractivity contribution is 6.36. The number of hydrogen-bond acceptors (Lipinski definition) is 3. The maximum absolute atomic E-state index is 12.2. The minimum absolute atomic E-state index is 0.249. The van der Waals surface area contributed by atoms with Crippen LogP contribution in [0.2, 0.25) is 10.0 Å². The Morgan fingerprint density at radius 3 is 2.84 bits per heavy atom. The van der Waals surface area contributed by atoms with E-state index < -0.39 is 0 Å². The first kappa shape index (κ1) is 17.5. The first-order valence-corrected chi connectivity index (χ1v) is 8.42. The minimum atomic E-state index is -0.249. The zero-order valence-corrected chi connectivity index (χ0v) is 15.3. The van der Waals surface area contributed by atoms with E-state index in [1.165, 1.54) is 0 Å². The topological polar surface area (TPSA) is 50.7 Å². The molecule has 25 heavy (non-hydrogen) atoms. The molecule has 0 aliphatic carbocycles. The Morgan fingerprint density at radius 1 is 1.24 bits per heavy atom. The highest BCUT2D eigenvalue weighted by atomic mass is 35.5. The molecule has 0 fully saturated rings. The highest BCUT2D eigenvalue weighted by Gasteiger charge is 2.15. The number of aryl methyl sites for hydroxylation is 2. The summed E-state index contributed by atoms with van der Waals surface area (Å²) in [5.74, 6) is 0.351. The molecule has 3 rings (SSSR count). The van der Waals surface area contributed by atoms with Crippen LogP contribution >= 0.6 is 23.2 Å². The quantitative estimate of drug-likeness (QED) is 0.619. The van der Waals surface area contributed by atoms with Gasteiger partial charge in [0, 0.05) is 21.7 Å². The molecule has 1 heterocycles. The third-order valence-electron chi connectivity index (χ3n) is 3.80. The molecule has 1 amide bonds. The SMILES string of the molecule is Cc1ccc(C)c(C(=O)N/N=C/C2=Cc3cc(Cl)cc(Cl)c3OC2)c1. The summed E-state index contributed by atoms with van der Waals surface area (Å²) in [5, 5.41) is 5.02. The van der Waals surface area contributed by atoms with Crippen LogP contribution in [0.1, 0.15) is 27.0 Å². The number of hydrazone groups is 1. The third-order valence-corrected chi connectivity index (χ3v) is 4.29. The fourth-order valence-corrected chi connectivity index (χ4v) is 3.09. The van der Waals surface area contributed by atoms with Crippen molar-refractivity contribution in [1.82, 2.24) is 5.43 Å². The van der Waals surface area contributed by atoms with E-state index in [-0.39, 0.29) is 5.91 Å². The van der Waals surface area contributed by atoms with Gasteiger partial charge in [-0.2, -0.15) is 5.10 Å². The van der Waals surface area contributed by atoms with Crippen LogP contribution in [0.4, 0.5) is 0 Å². The van der Waals surface area contributed by atoms with E-state index in [0.29, 0.717) is 28.0 Å². The molecule has 1 N–H and O–H groups in total. The number of nitrogens with one attached hydrogen (secondary N) is 1. The van der Waals surface area contributed by atoms with E-state index in [2.05, 4.69) is 10.5 Å². The summed E-state index contributed by atoms with van der Waals surface area (Å²) in [7, 11) is 0. The predicted octanol–water partition coefficient (Wildman–Crippen LogP) is 4.80. The maximum atomic E-state index is 12.2. The highest BCUT2D eigenvalue weighted by Crippen LogP contribution is 2.36. The second kappa shape index (κ2) is 7.30. The molecule has 0 spiro atoms.